The van der Waals surface area contributed by atoms with E-state index in [1.54, 1.807) is 0 Å². The van der Waals surface area contributed by atoms with Crippen LogP contribution in [0.5, 0.6) is 5.75 Å². The van der Waals surface area contributed by atoms with Crippen LogP contribution in [0.4, 0.5) is 0 Å². The smallest absolute Gasteiger partial charge is 0.356 e. The van der Waals surface area contributed by atoms with Crippen LogP contribution >= 0.6 is 0 Å². The molecule has 0 fully saturated rings. The number of rotatable bonds is 4. The van der Waals surface area contributed by atoms with E-state index in [0.29, 0.717) is 18.6 Å². The van der Waals surface area contributed by atoms with Crippen molar-refractivity contribution in [2.45, 2.75) is 52.2 Å². The Kier molecular flexibility index (Phi) is 4.91. The minimum Gasteiger partial charge on any atom is -0.492 e. The summed E-state index contributed by atoms with van der Waals surface area (Å²) in [6.45, 7) is 7.41. The molecule has 1 aromatic carbocycles. The van der Waals surface area contributed by atoms with Gasteiger partial charge in [0.25, 0.3) is 0 Å². The maximum atomic E-state index is 11.8. The summed E-state index contributed by atoms with van der Waals surface area (Å²) in [6.07, 6.45) is 2.65. The number of fused-ring (bicyclic) bond motifs is 2. The van der Waals surface area contributed by atoms with Gasteiger partial charge in [0.2, 0.25) is 0 Å². The van der Waals surface area contributed by atoms with E-state index in [4.69, 9.17) is 4.74 Å². The number of para-hydroxylation sites is 1. The molecule has 0 saturated carbocycles. The van der Waals surface area contributed by atoms with Gasteiger partial charge >= 0.3 is 5.97 Å². The summed E-state index contributed by atoms with van der Waals surface area (Å²) < 4.78 is 7.83. The lowest BCUT2D eigenvalue weighted by Crippen LogP contribution is -2.40. The molecule has 6 heteroatoms. The zero-order valence-electron chi connectivity index (χ0n) is 16.0. The Morgan fingerprint density at radius 1 is 1.37 bits per heavy atom. The summed E-state index contributed by atoms with van der Waals surface area (Å²) in [5.74, 6) is 0.485. The number of carboxylic acids is 1. The molecule has 2 heterocycles. The number of aromatic carboxylic acids is 1. The lowest BCUT2D eigenvalue weighted by atomic mass is 9.90. The van der Waals surface area contributed by atoms with Crippen LogP contribution < -0.4 is 4.74 Å². The molecule has 6 nitrogen and oxygen atoms in total. The Balaban J connectivity index is 1.59. The molecule has 1 aromatic heterocycles. The zero-order chi connectivity index (χ0) is 19.0. The average molecular weight is 369 g/mol. The topological polar surface area (TPSA) is 67.6 Å². The van der Waals surface area contributed by atoms with E-state index in [9.17, 15) is 9.90 Å². The van der Waals surface area contributed by atoms with Gasteiger partial charge in [0.05, 0.1) is 0 Å². The zero-order valence-corrected chi connectivity index (χ0v) is 16.0. The third-order valence-corrected chi connectivity index (χ3v) is 5.56. The van der Waals surface area contributed by atoms with Crippen molar-refractivity contribution >= 4 is 5.97 Å². The Labute approximate surface area is 159 Å². The first-order valence-corrected chi connectivity index (χ1v) is 9.79. The highest BCUT2D eigenvalue weighted by Crippen LogP contribution is 2.31. The van der Waals surface area contributed by atoms with E-state index in [1.165, 1.54) is 5.56 Å². The van der Waals surface area contributed by atoms with Gasteiger partial charge in [-0.2, -0.15) is 5.10 Å². The molecule has 4 rings (SSSR count). The largest absolute Gasteiger partial charge is 0.492 e. The van der Waals surface area contributed by atoms with Crippen LogP contribution in [0.3, 0.4) is 0 Å². The Bertz CT molecular complexity index is 843. The number of benzene rings is 1. The number of nitrogens with zero attached hydrogens (tertiary/aromatic N) is 3. The van der Waals surface area contributed by atoms with E-state index >= 15 is 0 Å². The van der Waals surface area contributed by atoms with E-state index in [0.717, 1.165) is 55.9 Å². The highest BCUT2D eigenvalue weighted by molar-refractivity contribution is 5.87. The number of ether oxygens (including phenoxy) is 1. The molecule has 0 amide bonds. The molecule has 2 aromatic rings. The van der Waals surface area contributed by atoms with Crippen molar-refractivity contribution in [1.82, 2.24) is 14.7 Å². The fourth-order valence-corrected chi connectivity index (χ4v) is 4.31. The first-order valence-electron chi connectivity index (χ1n) is 9.79. The Morgan fingerprint density at radius 2 is 2.19 bits per heavy atom. The SMILES string of the molecule is CC(C)Cn1nc(C(=O)O)c2c1CCC(N1CCOc3ccccc3C1)C2. The summed E-state index contributed by atoms with van der Waals surface area (Å²) in [4.78, 5) is 14.2. The molecule has 0 bridgehead atoms. The molecular weight excluding hydrogens is 342 g/mol. The van der Waals surface area contributed by atoms with Gasteiger partial charge in [0, 0.05) is 42.5 Å². The summed E-state index contributed by atoms with van der Waals surface area (Å²) in [7, 11) is 0. The molecule has 0 spiro atoms. The van der Waals surface area contributed by atoms with Crippen LogP contribution in [0, 0.1) is 5.92 Å². The molecule has 27 heavy (non-hydrogen) atoms. The van der Waals surface area contributed by atoms with Gasteiger partial charge in [0.1, 0.15) is 12.4 Å². The monoisotopic (exact) mass is 369 g/mol. The van der Waals surface area contributed by atoms with Gasteiger partial charge < -0.3 is 9.84 Å². The number of carbonyl (C=O) groups is 1. The van der Waals surface area contributed by atoms with Crippen molar-refractivity contribution in [2.75, 3.05) is 13.2 Å². The first-order chi connectivity index (χ1) is 13.0. The first kappa shape index (κ1) is 18.0. The third kappa shape index (κ3) is 3.58. The standard InChI is InChI=1S/C21H27N3O3/c1-14(2)12-24-18-8-7-16(11-17(18)20(22-24)21(25)26)23-9-10-27-19-6-4-3-5-15(19)13-23/h3-6,14,16H,7-13H2,1-2H3,(H,25,26). The number of carboxylic acid groups (broad SMARTS) is 1. The molecule has 0 radical (unpaired) electrons. The van der Waals surface area contributed by atoms with Crippen molar-refractivity contribution in [3.63, 3.8) is 0 Å². The molecule has 144 valence electrons. The molecule has 1 aliphatic heterocycles. The van der Waals surface area contributed by atoms with Crippen molar-refractivity contribution in [1.29, 1.82) is 0 Å². The van der Waals surface area contributed by atoms with Gasteiger partial charge in [-0.1, -0.05) is 32.0 Å². The number of hydrogen-bond acceptors (Lipinski definition) is 4. The fourth-order valence-electron chi connectivity index (χ4n) is 4.31. The summed E-state index contributed by atoms with van der Waals surface area (Å²) >= 11 is 0. The van der Waals surface area contributed by atoms with Crippen molar-refractivity contribution in [3.05, 3.63) is 46.8 Å². The normalized spacial score (nSPS) is 19.9. The summed E-state index contributed by atoms with van der Waals surface area (Å²) in [5, 5.41) is 14.1. The summed E-state index contributed by atoms with van der Waals surface area (Å²) in [5.41, 5.74) is 3.48. The van der Waals surface area contributed by atoms with Crippen LogP contribution in [-0.4, -0.2) is 44.9 Å². The molecule has 2 aliphatic rings. The lowest BCUT2D eigenvalue weighted by Gasteiger charge is -2.33. The van der Waals surface area contributed by atoms with Crippen LogP contribution in [0.15, 0.2) is 24.3 Å². The minimum absolute atomic E-state index is 0.238. The fraction of sp³-hybridized carbons (Fsp3) is 0.524. The maximum absolute atomic E-state index is 11.8. The van der Waals surface area contributed by atoms with Crippen molar-refractivity contribution < 1.29 is 14.6 Å². The second-order valence-corrected chi connectivity index (χ2v) is 7.98. The van der Waals surface area contributed by atoms with Crippen molar-refractivity contribution in [2.24, 2.45) is 5.92 Å². The van der Waals surface area contributed by atoms with E-state index < -0.39 is 5.97 Å². The van der Waals surface area contributed by atoms with Crippen LogP contribution in [0.25, 0.3) is 0 Å². The highest BCUT2D eigenvalue weighted by Gasteiger charge is 2.32. The molecule has 0 saturated heterocycles. The molecule has 1 N–H and O–H groups in total. The third-order valence-electron chi connectivity index (χ3n) is 5.56. The van der Waals surface area contributed by atoms with Crippen LogP contribution in [0.1, 0.15) is 47.6 Å². The quantitative estimate of drug-likeness (QED) is 0.897. The van der Waals surface area contributed by atoms with Gasteiger partial charge in [-0.15, -0.1) is 0 Å². The van der Waals surface area contributed by atoms with Gasteiger partial charge in [-0.05, 0) is 31.2 Å². The lowest BCUT2D eigenvalue weighted by molar-refractivity contribution is 0.0687. The predicted octanol–water partition coefficient (Wildman–Crippen LogP) is 2.99. The Morgan fingerprint density at radius 3 is 2.96 bits per heavy atom. The number of aromatic nitrogens is 2. The molecular formula is C21H27N3O3. The van der Waals surface area contributed by atoms with Gasteiger partial charge in [0.15, 0.2) is 5.69 Å². The second-order valence-electron chi connectivity index (χ2n) is 7.98. The summed E-state index contributed by atoms with van der Waals surface area (Å²) in [6, 6.07) is 8.51. The molecule has 1 unspecified atom stereocenters. The maximum Gasteiger partial charge on any atom is 0.356 e. The van der Waals surface area contributed by atoms with E-state index in [1.807, 2.05) is 22.9 Å². The minimum atomic E-state index is -0.918. The van der Waals surface area contributed by atoms with Crippen LogP contribution in [0.2, 0.25) is 0 Å². The molecule has 1 atom stereocenters. The van der Waals surface area contributed by atoms with Gasteiger partial charge in [-0.3, -0.25) is 9.58 Å². The van der Waals surface area contributed by atoms with E-state index in [-0.39, 0.29) is 5.69 Å². The number of hydrogen-bond donors (Lipinski definition) is 1. The van der Waals surface area contributed by atoms with E-state index in [2.05, 4.69) is 29.9 Å². The van der Waals surface area contributed by atoms with Crippen molar-refractivity contribution in [3.8, 4) is 5.75 Å². The van der Waals surface area contributed by atoms with Gasteiger partial charge in [-0.25, -0.2) is 4.79 Å². The average Bonchev–Trinajstić information content (AvgIpc) is 2.85. The highest BCUT2D eigenvalue weighted by atomic mass is 16.5. The molecule has 1 aliphatic carbocycles. The Hall–Kier alpha value is -2.34. The van der Waals surface area contributed by atoms with Crippen LogP contribution in [-0.2, 0) is 25.9 Å². The second kappa shape index (κ2) is 7.35. The predicted molar refractivity (Wildman–Crippen MR) is 102 cm³/mol.